The number of hydrogen-bond donors (Lipinski definition) is 0. The Balaban J connectivity index is 1.99. The van der Waals surface area contributed by atoms with Crippen molar-refractivity contribution >= 4 is 0 Å². The summed E-state index contributed by atoms with van der Waals surface area (Å²) in [5, 5.41) is 3.78. The average Bonchev–Trinajstić information content (AvgIpc) is 2.88. The minimum absolute atomic E-state index is 0.378. The van der Waals surface area contributed by atoms with Crippen LogP contribution in [0.4, 0.5) is 0 Å². The second-order valence-corrected chi connectivity index (χ2v) is 3.57. The Morgan fingerprint density at radius 1 is 1.12 bits per heavy atom. The highest BCUT2D eigenvalue weighted by Gasteiger charge is 2.05. The minimum atomic E-state index is 0.378. The molecule has 1 aromatic carbocycles. The van der Waals surface area contributed by atoms with Gasteiger partial charge in [0.05, 0.1) is 6.61 Å². The second-order valence-electron chi connectivity index (χ2n) is 3.57. The van der Waals surface area contributed by atoms with Crippen LogP contribution >= 0.6 is 0 Å². The van der Waals surface area contributed by atoms with Crippen molar-refractivity contribution in [1.82, 2.24) is 5.16 Å². The van der Waals surface area contributed by atoms with Gasteiger partial charge in [0.1, 0.15) is 18.6 Å². The van der Waals surface area contributed by atoms with Gasteiger partial charge in [-0.1, -0.05) is 24.2 Å². The van der Waals surface area contributed by atoms with Crippen LogP contribution in [0.25, 0.3) is 0 Å². The van der Waals surface area contributed by atoms with Gasteiger partial charge in [-0.05, 0) is 18.6 Å². The van der Waals surface area contributed by atoms with Crippen LogP contribution in [0.3, 0.4) is 0 Å². The molecule has 4 nitrogen and oxygen atoms in total. The summed E-state index contributed by atoms with van der Waals surface area (Å²) in [6.07, 6.45) is 2.50. The first-order chi connectivity index (χ1) is 8.40. The lowest BCUT2D eigenvalue weighted by Gasteiger charge is -2.10. The maximum atomic E-state index is 5.63. The molecule has 0 unspecified atom stereocenters. The zero-order chi connectivity index (χ0) is 11.9. The monoisotopic (exact) mass is 233 g/mol. The van der Waals surface area contributed by atoms with Crippen LogP contribution in [0, 0.1) is 0 Å². The van der Waals surface area contributed by atoms with Crippen molar-refractivity contribution in [2.24, 2.45) is 0 Å². The van der Waals surface area contributed by atoms with Gasteiger partial charge in [0.25, 0.3) is 0 Å². The molecular weight excluding hydrogens is 218 g/mol. The molecule has 0 aliphatic carbocycles. The molecule has 0 saturated heterocycles. The van der Waals surface area contributed by atoms with Crippen molar-refractivity contribution in [3.8, 4) is 11.5 Å². The van der Waals surface area contributed by atoms with Crippen molar-refractivity contribution in [3.05, 3.63) is 42.3 Å². The Kier molecular flexibility index (Phi) is 4.02. The lowest BCUT2D eigenvalue weighted by atomic mass is 10.3. The predicted octanol–water partition coefficient (Wildman–Crippen LogP) is 3.04. The largest absolute Gasteiger partial charge is 0.490 e. The lowest BCUT2D eigenvalue weighted by molar-refractivity contribution is 0.254. The molecule has 0 atom stereocenters. The van der Waals surface area contributed by atoms with Crippen LogP contribution in [0.5, 0.6) is 11.5 Å². The lowest BCUT2D eigenvalue weighted by Crippen LogP contribution is -2.00. The molecule has 0 spiro atoms. The average molecular weight is 233 g/mol. The molecule has 17 heavy (non-hydrogen) atoms. The van der Waals surface area contributed by atoms with E-state index in [2.05, 4.69) is 12.1 Å². The summed E-state index contributed by atoms with van der Waals surface area (Å²) in [6.45, 7) is 3.13. The fourth-order valence-electron chi connectivity index (χ4n) is 1.36. The van der Waals surface area contributed by atoms with E-state index in [4.69, 9.17) is 14.0 Å². The molecule has 0 bridgehead atoms. The predicted molar refractivity (Wildman–Crippen MR) is 63.1 cm³/mol. The van der Waals surface area contributed by atoms with E-state index < -0.39 is 0 Å². The van der Waals surface area contributed by atoms with Crippen LogP contribution < -0.4 is 9.47 Å². The molecule has 4 heteroatoms. The molecule has 1 aromatic heterocycles. The number of rotatable bonds is 6. The summed E-state index contributed by atoms with van der Waals surface area (Å²) >= 11 is 0. The van der Waals surface area contributed by atoms with Gasteiger partial charge >= 0.3 is 0 Å². The van der Waals surface area contributed by atoms with E-state index in [-0.39, 0.29) is 0 Å². The Morgan fingerprint density at radius 3 is 2.53 bits per heavy atom. The first-order valence-corrected chi connectivity index (χ1v) is 5.64. The molecule has 0 amide bonds. The summed E-state index contributed by atoms with van der Waals surface area (Å²) in [6, 6.07) is 9.39. The van der Waals surface area contributed by atoms with Crippen molar-refractivity contribution in [2.75, 3.05) is 6.61 Å². The number of ether oxygens (including phenoxy) is 2. The van der Waals surface area contributed by atoms with Gasteiger partial charge < -0.3 is 14.0 Å². The Bertz CT molecular complexity index is 440. The fraction of sp³-hybridized carbons (Fsp3) is 0.308. The summed E-state index contributed by atoms with van der Waals surface area (Å²) in [4.78, 5) is 0. The van der Waals surface area contributed by atoms with Crippen molar-refractivity contribution < 1.29 is 14.0 Å². The molecule has 0 radical (unpaired) electrons. The standard InChI is InChI=1S/C13H15NO3/c1-2-8-15-12-5-3-4-6-13(12)16-10-11-7-9-17-14-11/h3-7,9H,2,8,10H2,1H3. The molecule has 0 fully saturated rings. The van der Waals surface area contributed by atoms with Gasteiger partial charge in [0.2, 0.25) is 0 Å². The molecular formula is C13H15NO3. The molecule has 0 aliphatic heterocycles. The summed E-state index contributed by atoms with van der Waals surface area (Å²) in [5.74, 6) is 1.49. The van der Waals surface area contributed by atoms with Gasteiger partial charge in [-0.15, -0.1) is 0 Å². The van der Waals surface area contributed by atoms with Gasteiger partial charge in [0.15, 0.2) is 11.5 Å². The zero-order valence-electron chi connectivity index (χ0n) is 9.76. The molecule has 0 N–H and O–H groups in total. The van der Waals surface area contributed by atoms with E-state index in [0.717, 1.165) is 23.6 Å². The van der Waals surface area contributed by atoms with Crippen LogP contribution in [0.15, 0.2) is 41.1 Å². The van der Waals surface area contributed by atoms with Crippen molar-refractivity contribution in [1.29, 1.82) is 0 Å². The SMILES string of the molecule is CCCOc1ccccc1OCc1ccon1. The molecule has 2 rings (SSSR count). The molecule has 2 aromatic rings. The van der Waals surface area contributed by atoms with Gasteiger partial charge in [0, 0.05) is 6.07 Å². The topological polar surface area (TPSA) is 44.5 Å². The number of hydrogen-bond acceptors (Lipinski definition) is 4. The van der Waals surface area contributed by atoms with E-state index in [1.54, 1.807) is 6.07 Å². The first kappa shape index (κ1) is 11.5. The summed E-state index contributed by atoms with van der Waals surface area (Å²) < 4.78 is 16.0. The van der Waals surface area contributed by atoms with Gasteiger partial charge in [-0.3, -0.25) is 0 Å². The second kappa shape index (κ2) is 5.94. The number of nitrogens with zero attached hydrogens (tertiary/aromatic N) is 1. The van der Waals surface area contributed by atoms with Gasteiger partial charge in [-0.2, -0.15) is 0 Å². The van der Waals surface area contributed by atoms with Gasteiger partial charge in [-0.25, -0.2) is 0 Å². The number of aromatic nitrogens is 1. The maximum Gasteiger partial charge on any atom is 0.161 e. The molecule has 1 heterocycles. The normalized spacial score (nSPS) is 10.2. The highest BCUT2D eigenvalue weighted by molar-refractivity contribution is 5.39. The molecule has 0 saturated carbocycles. The Morgan fingerprint density at radius 2 is 1.88 bits per heavy atom. The van der Waals surface area contributed by atoms with Crippen molar-refractivity contribution in [3.63, 3.8) is 0 Å². The van der Waals surface area contributed by atoms with Crippen LogP contribution in [-0.2, 0) is 6.61 Å². The third kappa shape index (κ3) is 3.24. The number of benzene rings is 1. The minimum Gasteiger partial charge on any atom is -0.490 e. The summed E-state index contributed by atoms with van der Waals surface area (Å²) in [5.41, 5.74) is 0.760. The summed E-state index contributed by atoms with van der Waals surface area (Å²) in [7, 11) is 0. The van der Waals surface area contributed by atoms with E-state index >= 15 is 0 Å². The number of para-hydroxylation sites is 2. The maximum absolute atomic E-state index is 5.63. The van der Waals surface area contributed by atoms with E-state index in [0.29, 0.717) is 13.2 Å². The highest BCUT2D eigenvalue weighted by Crippen LogP contribution is 2.27. The Hall–Kier alpha value is -1.97. The quantitative estimate of drug-likeness (QED) is 0.769. The zero-order valence-corrected chi connectivity index (χ0v) is 9.76. The van der Waals surface area contributed by atoms with E-state index in [1.807, 2.05) is 24.3 Å². The highest BCUT2D eigenvalue weighted by atomic mass is 16.5. The van der Waals surface area contributed by atoms with E-state index in [1.165, 1.54) is 6.26 Å². The van der Waals surface area contributed by atoms with Crippen molar-refractivity contribution in [2.45, 2.75) is 20.0 Å². The van der Waals surface area contributed by atoms with Crippen LogP contribution in [-0.4, -0.2) is 11.8 Å². The van der Waals surface area contributed by atoms with Crippen LogP contribution in [0.2, 0.25) is 0 Å². The van der Waals surface area contributed by atoms with Crippen LogP contribution in [0.1, 0.15) is 19.0 Å². The first-order valence-electron chi connectivity index (χ1n) is 5.64. The Labute approximate surface area is 100 Å². The van der Waals surface area contributed by atoms with E-state index in [9.17, 15) is 0 Å². The third-order valence-electron chi connectivity index (χ3n) is 2.18. The fourth-order valence-corrected chi connectivity index (χ4v) is 1.36. The smallest absolute Gasteiger partial charge is 0.161 e. The molecule has 0 aliphatic rings. The molecule has 90 valence electrons. The third-order valence-corrected chi connectivity index (χ3v) is 2.18.